The van der Waals surface area contributed by atoms with E-state index in [1.165, 1.54) is 12.1 Å². The Morgan fingerprint density at radius 1 is 1.05 bits per heavy atom. The number of aromatic nitrogens is 3. The van der Waals surface area contributed by atoms with E-state index >= 15 is 4.39 Å². The summed E-state index contributed by atoms with van der Waals surface area (Å²) in [4.78, 5) is 3.13. The van der Waals surface area contributed by atoms with Crippen LogP contribution in [0.5, 0.6) is 0 Å². The van der Waals surface area contributed by atoms with Gasteiger partial charge < -0.3 is 9.40 Å². The highest BCUT2D eigenvalue weighted by molar-refractivity contribution is 9.10. The smallest absolute Gasteiger partial charge is 0.294 e. The number of hydrogen-bond donors (Lipinski definition) is 1. The molecule has 0 aliphatic heterocycles. The molecule has 1 aliphatic rings. The maximum absolute atomic E-state index is 17.5. The number of hydrogen-bond acceptors (Lipinski definition) is 5. The minimum atomic E-state index is -4.61. The number of nitrogens with one attached hydrogen (secondary N) is 1. The molecule has 6 rings (SSSR count). The van der Waals surface area contributed by atoms with Crippen LogP contribution in [-0.2, 0) is 34.1 Å². The van der Waals surface area contributed by atoms with Gasteiger partial charge in [-0.1, -0.05) is 63.9 Å². The van der Waals surface area contributed by atoms with Gasteiger partial charge in [0.25, 0.3) is 10.9 Å². The van der Waals surface area contributed by atoms with Gasteiger partial charge in [-0.3, -0.25) is 0 Å². The van der Waals surface area contributed by atoms with Crippen LogP contribution < -0.4 is 0 Å². The highest BCUT2D eigenvalue weighted by atomic mass is 79.9. The average Bonchev–Trinajstić information content (AvgIpc) is 3.60. The molecule has 0 radical (unpaired) electrons. The summed E-state index contributed by atoms with van der Waals surface area (Å²) >= 11 is 9.51. The lowest BCUT2D eigenvalue weighted by atomic mass is 9.98. The van der Waals surface area contributed by atoms with Crippen LogP contribution in [0.15, 0.2) is 86.6 Å². The monoisotopic (exact) mass is 599 g/mol. The summed E-state index contributed by atoms with van der Waals surface area (Å²) in [5.41, 5.74) is 3.38. The fourth-order valence-corrected chi connectivity index (χ4v) is 7.58. The third-order valence-corrected chi connectivity index (χ3v) is 9.73. The molecule has 0 saturated heterocycles. The predicted molar refractivity (Wildman–Crippen MR) is 142 cm³/mol. The zero-order valence-corrected chi connectivity index (χ0v) is 22.4. The summed E-state index contributed by atoms with van der Waals surface area (Å²) < 4.78 is 51.7. The Hall–Kier alpha value is -3.01. The van der Waals surface area contributed by atoms with Gasteiger partial charge in [0.15, 0.2) is 0 Å². The first-order valence-electron chi connectivity index (χ1n) is 11.6. The van der Waals surface area contributed by atoms with Crippen LogP contribution in [0, 0.1) is 5.92 Å². The fraction of sp³-hybridized carbons (Fsp3) is 0.185. The molecule has 3 aromatic carbocycles. The van der Waals surface area contributed by atoms with Crippen LogP contribution in [0.25, 0.3) is 10.9 Å². The van der Waals surface area contributed by atoms with Crippen LogP contribution in [0.4, 0.5) is 4.39 Å². The summed E-state index contributed by atoms with van der Waals surface area (Å²) in [7, 11) is -4.61. The van der Waals surface area contributed by atoms with Crippen molar-refractivity contribution in [3.63, 3.8) is 0 Å². The molecule has 5 aromatic rings. The maximum Gasteiger partial charge on any atom is 0.294 e. The van der Waals surface area contributed by atoms with Crippen molar-refractivity contribution in [1.29, 1.82) is 0 Å². The molecule has 6 nitrogen and oxygen atoms in total. The number of sulfone groups is 1. The lowest BCUT2D eigenvalue weighted by molar-refractivity contribution is 0.137. The van der Waals surface area contributed by atoms with Gasteiger partial charge in [-0.2, -0.15) is 0 Å². The van der Waals surface area contributed by atoms with Gasteiger partial charge in [-0.05, 0) is 60.4 Å². The molecule has 10 heteroatoms. The second kappa shape index (κ2) is 9.08. The quantitative estimate of drug-likeness (QED) is 0.238. The van der Waals surface area contributed by atoms with Crippen molar-refractivity contribution in [1.82, 2.24) is 15.2 Å². The van der Waals surface area contributed by atoms with E-state index < -0.39 is 26.6 Å². The van der Waals surface area contributed by atoms with Crippen molar-refractivity contribution in [2.24, 2.45) is 5.92 Å². The van der Waals surface area contributed by atoms with Crippen molar-refractivity contribution in [3.05, 3.63) is 111 Å². The molecule has 188 valence electrons. The Labute approximate surface area is 225 Å². The molecule has 0 amide bonds. The number of rotatable bonds is 6. The highest BCUT2D eigenvalue weighted by Gasteiger charge is 2.59. The summed E-state index contributed by atoms with van der Waals surface area (Å²) in [5.74, 6) is -1.41. The molecule has 2 heterocycles. The van der Waals surface area contributed by atoms with Crippen molar-refractivity contribution < 1.29 is 17.2 Å². The first kappa shape index (κ1) is 24.3. The largest absolute Gasteiger partial charge is 0.420 e. The Bertz CT molecular complexity index is 1740. The zero-order valence-electron chi connectivity index (χ0n) is 19.3. The zero-order chi connectivity index (χ0) is 25.8. The Morgan fingerprint density at radius 3 is 2.65 bits per heavy atom. The van der Waals surface area contributed by atoms with Gasteiger partial charge in [0.1, 0.15) is 0 Å². The number of alkyl halides is 1. The van der Waals surface area contributed by atoms with E-state index in [9.17, 15) is 8.42 Å². The van der Waals surface area contributed by atoms with Crippen LogP contribution in [-0.4, -0.2) is 23.6 Å². The van der Waals surface area contributed by atoms with Crippen LogP contribution in [0.2, 0.25) is 5.02 Å². The molecule has 2 aromatic heterocycles. The number of H-pyrrole nitrogens is 1. The van der Waals surface area contributed by atoms with E-state index in [1.54, 1.807) is 18.2 Å². The number of halogens is 3. The second-order valence-electron chi connectivity index (χ2n) is 9.15. The molecular weight excluding hydrogens is 581 g/mol. The summed E-state index contributed by atoms with van der Waals surface area (Å²) in [6, 6.07) is 20.8. The number of nitrogens with zero attached hydrogens (tertiary/aromatic N) is 2. The molecule has 37 heavy (non-hydrogen) atoms. The lowest BCUT2D eigenvalue weighted by Crippen LogP contribution is -2.40. The predicted octanol–water partition coefficient (Wildman–Crippen LogP) is 6.57. The van der Waals surface area contributed by atoms with Gasteiger partial charge in [0.2, 0.25) is 15.7 Å². The second-order valence-corrected chi connectivity index (χ2v) is 12.6. The third kappa shape index (κ3) is 4.09. The van der Waals surface area contributed by atoms with Gasteiger partial charge in [-0.25, -0.2) is 12.8 Å². The molecule has 0 fully saturated rings. The van der Waals surface area contributed by atoms with E-state index in [0.717, 1.165) is 27.7 Å². The van der Waals surface area contributed by atoms with Crippen LogP contribution in [0.3, 0.4) is 0 Å². The normalized spacial score (nSPS) is 17.1. The molecule has 0 saturated carbocycles. The van der Waals surface area contributed by atoms with Crippen molar-refractivity contribution in [3.8, 4) is 0 Å². The molecule has 1 N–H and O–H groups in total. The highest BCUT2D eigenvalue weighted by Crippen LogP contribution is 2.49. The Kier molecular flexibility index (Phi) is 5.97. The third-order valence-electron chi connectivity index (χ3n) is 6.84. The van der Waals surface area contributed by atoms with E-state index in [4.69, 9.17) is 16.0 Å². The van der Waals surface area contributed by atoms with E-state index in [0.29, 0.717) is 9.50 Å². The first-order valence-corrected chi connectivity index (χ1v) is 14.3. The topological polar surface area (TPSA) is 88.8 Å². The molecular formula is C27H20BrClFN3O3S. The van der Waals surface area contributed by atoms with E-state index in [2.05, 4.69) is 31.1 Å². The SMILES string of the molecule is O=S(=O)(c1cccc(Br)c1)C(F)(c1nnc(Cc2ccccc2)o1)C1Cc2[nH]c3ccc(Cl)cc3c2C1. The number of benzene rings is 3. The molecule has 0 spiro atoms. The maximum atomic E-state index is 17.5. The van der Waals surface area contributed by atoms with Crippen LogP contribution in [0.1, 0.15) is 28.6 Å². The number of aromatic amines is 1. The average molecular weight is 601 g/mol. The Balaban J connectivity index is 1.45. The van der Waals surface area contributed by atoms with E-state index in [1.807, 2.05) is 42.5 Å². The summed E-state index contributed by atoms with van der Waals surface area (Å²) in [6.45, 7) is 0. The first-order chi connectivity index (χ1) is 17.8. The van der Waals surface area contributed by atoms with Gasteiger partial charge in [0, 0.05) is 32.0 Å². The lowest BCUT2D eigenvalue weighted by Gasteiger charge is -2.28. The molecule has 2 atom stereocenters. The van der Waals surface area contributed by atoms with Gasteiger partial charge in [0.05, 0.1) is 11.3 Å². The number of fused-ring (bicyclic) bond motifs is 3. The van der Waals surface area contributed by atoms with Gasteiger partial charge in [-0.15, -0.1) is 10.2 Å². The standard InChI is InChI=1S/C27H20BrClFN3O3S/c28-18-7-4-8-20(14-18)37(34,35)27(30,26-33-32-25(36-26)11-16-5-2-1-3-6-16)17-12-21-22-15-19(29)9-10-23(22)31-24(21)13-17/h1-10,14-15,17,31H,11-13H2. The molecule has 0 bridgehead atoms. The summed E-state index contributed by atoms with van der Waals surface area (Å²) in [5, 5.41) is 6.41. The van der Waals surface area contributed by atoms with Crippen molar-refractivity contribution >= 4 is 48.3 Å². The molecule has 2 unspecified atom stereocenters. The fourth-order valence-electron chi connectivity index (χ4n) is 5.06. The Morgan fingerprint density at radius 2 is 1.86 bits per heavy atom. The van der Waals surface area contributed by atoms with Crippen molar-refractivity contribution in [2.45, 2.75) is 29.2 Å². The minimum Gasteiger partial charge on any atom is -0.420 e. The minimum absolute atomic E-state index is 0.140. The van der Waals surface area contributed by atoms with Crippen LogP contribution >= 0.6 is 27.5 Å². The van der Waals surface area contributed by atoms with Gasteiger partial charge >= 0.3 is 0 Å². The summed E-state index contributed by atoms with van der Waals surface area (Å²) in [6.07, 6.45) is 0.575. The van der Waals surface area contributed by atoms with Crippen molar-refractivity contribution in [2.75, 3.05) is 0 Å². The van der Waals surface area contributed by atoms with E-state index in [-0.39, 0.29) is 30.0 Å². The molecule has 1 aliphatic carbocycles.